The minimum Gasteiger partial charge on any atom is -0.383 e. The monoisotopic (exact) mass is 259 g/mol. The molecule has 1 nitrogen and oxygen atoms in total. The van der Waals surface area contributed by atoms with E-state index in [1.165, 1.54) is 19.1 Å². The number of hydrogen-bond acceptors (Lipinski definition) is 1. The summed E-state index contributed by atoms with van der Waals surface area (Å²) in [5.41, 5.74) is 0.217. The summed E-state index contributed by atoms with van der Waals surface area (Å²) < 4.78 is 38.2. The first kappa shape index (κ1) is 14.9. The summed E-state index contributed by atoms with van der Waals surface area (Å²) in [6, 6.07) is 4.55. The van der Waals surface area contributed by atoms with Gasteiger partial charge in [-0.2, -0.15) is 13.2 Å². The second-order valence-corrected chi connectivity index (χ2v) is 5.20. The highest BCUT2D eigenvalue weighted by atomic mass is 19.4. The van der Waals surface area contributed by atoms with Crippen molar-refractivity contribution in [2.24, 2.45) is 5.92 Å². The normalized spacial score (nSPS) is 13.8. The van der Waals surface area contributed by atoms with Crippen LogP contribution in [0.25, 0.3) is 0 Å². The van der Waals surface area contributed by atoms with Gasteiger partial charge in [-0.15, -0.1) is 0 Å². The standard InChI is InChI=1S/C14H20F3N/c1-9(2)7-11(4)18-12-6-5-10(3)13(8-12)14(15,16)17/h5-6,8-9,11,18H,7H2,1-4H3. The third-order valence-electron chi connectivity index (χ3n) is 2.78. The Bertz CT molecular complexity index is 397. The lowest BCUT2D eigenvalue weighted by Crippen LogP contribution is -2.18. The van der Waals surface area contributed by atoms with Gasteiger partial charge in [0.15, 0.2) is 0 Å². The first-order valence-corrected chi connectivity index (χ1v) is 6.14. The number of hydrogen-bond donors (Lipinski definition) is 1. The summed E-state index contributed by atoms with van der Waals surface area (Å²) >= 11 is 0. The molecule has 0 amide bonds. The molecule has 0 aliphatic carbocycles. The lowest BCUT2D eigenvalue weighted by molar-refractivity contribution is -0.138. The van der Waals surface area contributed by atoms with Crippen LogP contribution in [0.2, 0.25) is 0 Å². The van der Waals surface area contributed by atoms with E-state index in [2.05, 4.69) is 19.2 Å². The first-order valence-electron chi connectivity index (χ1n) is 6.14. The van der Waals surface area contributed by atoms with Gasteiger partial charge in [0, 0.05) is 11.7 Å². The third-order valence-corrected chi connectivity index (χ3v) is 2.78. The number of nitrogens with one attached hydrogen (secondary N) is 1. The van der Waals surface area contributed by atoms with Gasteiger partial charge in [-0.3, -0.25) is 0 Å². The molecule has 4 heteroatoms. The Morgan fingerprint density at radius 3 is 2.28 bits per heavy atom. The molecule has 1 aromatic rings. The van der Waals surface area contributed by atoms with Crippen molar-refractivity contribution in [2.45, 2.75) is 46.3 Å². The molecule has 1 N–H and O–H groups in total. The smallest absolute Gasteiger partial charge is 0.383 e. The van der Waals surface area contributed by atoms with Crippen molar-refractivity contribution in [3.63, 3.8) is 0 Å². The minimum absolute atomic E-state index is 0.161. The zero-order valence-corrected chi connectivity index (χ0v) is 11.2. The van der Waals surface area contributed by atoms with E-state index in [-0.39, 0.29) is 11.6 Å². The molecule has 0 fully saturated rings. The van der Waals surface area contributed by atoms with Crippen LogP contribution in [0.4, 0.5) is 18.9 Å². The summed E-state index contributed by atoms with van der Waals surface area (Å²) in [5, 5.41) is 3.11. The van der Waals surface area contributed by atoms with Crippen molar-refractivity contribution in [2.75, 3.05) is 5.32 Å². The second kappa shape index (κ2) is 5.63. The Morgan fingerprint density at radius 2 is 1.78 bits per heavy atom. The van der Waals surface area contributed by atoms with Gasteiger partial charge in [-0.1, -0.05) is 19.9 Å². The summed E-state index contributed by atoms with van der Waals surface area (Å²) in [6.45, 7) is 7.64. The Hall–Kier alpha value is -1.19. The van der Waals surface area contributed by atoms with Crippen molar-refractivity contribution in [3.05, 3.63) is 29.3 Å². The van der Waals surface area contributed by atoms with Crippen molar-refractivity contribution in [1.29, 1.82) is 0 Å². The topological polar surface area (TPSA) is 12.0 Å². The molecule has 1 rings (SSSR count). The third kappa shape index (κ3) is 4.24. The first-order chi connectivity index (χ1) is 8.20. The lowest BCUT2D eigenvalue weighted by atomic mass is 10.0. The number of halogens is 3. The molecule has 0 heterocycles. The molecule has 1 atom stereocenters. The van der Waals surface area contributed by atoms with Crippen molar-refractivity contribution >= 4 is 5.69 Å². The van der Waals surface area contributed by atoms with Crippen LogP contribution in [0, 0.1) is 12.8 Å². The summed E-state index contributed by atoms with van der Waals surface area (Å²) in [5.74, 6) is 0.514. The Labute approximate surface area is 106 Å². The SMILES string of the molecule is Cc1ccc(NC(C)CC(C)C)cc1C(F)(F)F. The molecule has 0 aromatic heterocycles. The van der Waals surface area contributed by atoms with Gasteiger partial charge < -0.3 is 5.32 Å². The van der Waals surface area contributed by atoms with E-state index in [0.717, 1.165) is 6.42 Å². The molecule has 0 bridgehead atoms. The summed E-state index contributed by atoms with van der Waals surface area (Å²) in [7, 11) is 0. The van der Waals surface area contributed by atoms with Crippen LogP contribution in [-0.4, -0.2) is 6.04 Å². The predicted octanol–water partition coefficient (Wildman–Crippen LogP) is 4.86. The number of rotatable bonds is 4. The van der Waals surface area contributed by atoms with Crippen LogP contribution in [0.5, 0.6) is 0 Å². The average molecular weight is 259 g/mol. The number of benzene rings is 1. The van der Waals surface area contributed by atoms with Crippen molar-refractivity contribution in [1.82, 2.24) is 0 Å². The summed E-state index contributed by atoms with van der Waals surface area (Å²) in [4.78, 5) is 0. The Morgan fingerprint density at radius 1 is 1.17 bits per heavy atom. The van der Waals surface area contributed by atoms with Gasteiger partial charge in [-0.25, -0.2) is 0 Å². The molecule has 102 valence electrons. The zero-order chi connectivity index (χ0) is 13.9. The van der Waals surface area contributed by atoms with Crippen LogP contribution in [0.15, 0.2) is 18.2 Å². The molecule has 0 aliphatic heterocycles. The van der Waals surface area contributed by atoms with E-state index in [1.807, 2.05) is 6.92 Å². The highest BCUT2D eigenvalue weighted by Crippen LogP contribution is 2.33. The predicted molar refractivity (Wildman–Crippen MR) is 68.7 cm³/mol. The van der Waals surface area contributed by atoms with Crippen LogP contribution in [0.3, 0.4) is 0 Å². The highest BCUT2D eigenvalue weighted by Gasteiger charge is 2.32. The summed E-state index contributed by atoms with van der Waals surface area (Å²) in [6.07, 6.45) is -3.36. The fourth-order valence-corrected chi connectivity index (χ4v) is 2.07. The fraction of sp³-hybridized carbons (Fsp3) is 0.571. The molecule has 1 aromatic carbocycles. The van der Waals surface area contributed by atoms with Gasteiger partial charge in [-0.05, 0) is 43.9 Å². The molecule has 0 saturated carbocycles. The fourth-order valence-electron chi connectivity index (χ4n) is 2.07. The molecular formula is C14H20F3N. The largest absolute Gasteiger partial charge is 0.416 e. The van der Waals surface area contributed by atoms with E-state index in [1.54, 1.807) is 6.07 Å². The van der Waals surface area contributed by atoms with Gasteiger partial charge in [0.1, 0.15) is 0 Å². The average Bonchev–Trinajstić information content (AvgIpc) is 2.17. The molecule has 1 unspecified atom stereocenters. The maximum atomic E-state index is 12.7. The maximum absolute atomic E-state index is 12.7. The van der Waals surface area contributed by atoms with Crippen LogP contribution < -0.4 is 5.32 Å². The lowest BCUT2D eigenvalue weighted by Gasteiger charge is -2.19. The highest BCUT2D eigenvalue weighted by molar-refractivity contribution is 5.49. The van der Waals surface area contributed by atoms with E-state index in [4.69, 9.17) is 0 Å². The number of aryl methyl sites for hydroxylation is 1. The van der Waals surface area contributed by atoms with Gasteiger partial charge >= 0.3 is 6.18 Å². The van der Waals surface area contributed by atoms with Crippen LogP contribution in [-0.2, 0) is 6.18 Å². The molecule has 0 radical (unpaired) electrons. The van der Waals surface area contributed by atoms with Crippen molar-refractivity contribution in [3.8, 4) is 0 Å². The second-order valence-electron chi connectivity index (χ2n) is 5.20. The van der Waals surface area contributed by atoms with Gasteiger partial charge in [0.25, 0.3) is 0 Å². The quantitative estimate of drug-likeness (QED) is 0.814. The molecular weight excluding hydrogens is 239 g/mol. The van der Waals surface area contributed by atoms with Gasteiger partial charge in [0.2, 0.25) is 0 Å². The Kier molecular flexibility index (Phi) is 4.65. The molecule has 18 heavy (non-hydrogen) atoms. The maximum Gasteiger partial charge on any atom is 0.416 e. The van der Waals surface area contributed by atoms with Crippen molar-refractivity contribution < 1.29 is 13.2 Å². The molecule has 0 aliphatic rings. The number of alkyl halides is 3. The zero-order valence-electron chi connectivity index (χ0n) is 11.2. The molecule has 0 saturated heterocycles. The van der Waals surface area contributed by atoms with Crippen LogP contribution in [0.1, 0.15) is 38.3 Å². The van der Waals surface area contributed by atoms with E-state index in [9.17, 15) is 13.2 Å². The van der Waals surface area contributed by atoms with Crippen LogP contribution >= 0.6 is 0 Å². The van der Waals surface area contributed by atoms with E-state index < -0.39 is 11.7 Å². The van der Waals surface area contributed by atoms with E-state index in [0.29, 0.717) is 11.6 Å². The molecule has 0 spiro atoms. The Balaban J connectivity index is 2.86. The minimum atomic E-state index is -4.29. The van der Waals surface area contributed by atoms with E-state index >= 15 is 0 Å². The number of anilines is 1. The van der Waals surface area contributed by atoms with Gasteiger partial charge in [0.05, 0.1) is 5.56 Å².